The molecule has 4 aromatic rings. The summed E-state index contributed by atoms with van der Waals surface area (Å²) < 4.78 is 16.3. The number of H-pyrrole nitrogens is 1. The summed E-state index contributed by atoms with van der Waals surface area (Å²) >= 11 is 0. The van der Waals surface area contributed by atoms with Crippen molar-refractivity contribution in [2.45, 2.75) is 57.9 Å². The Morgan fingerprint density at radius 1 is 1.10 bits per heavy atom. The zero-order valence-electron chi connectivity index (χ0n) is 17.4. The van der Waals surface area contributed by atoms with Crippen molar-refractivity contribution in [2.24, 2.45) is 11.8 Å². The Bertz CT molecular complexity index is 1250. The van der Waals surface area contributed by atoms with Crippen LogP contribution in [0.5, 0.6) is 0 Å². The lowest BCUT2D eigenvalue weighted by Crippen LogP contribution is -2.32. The van der Waals surface area contributed by atoms with Crippen molar-refractivity contribution in [3.63, 3.8) is 0 Å². The number of rotatable bonds is 3. The van der Waals surface area contributed by atoms with E-state index in [0.717, 1.165) is 28.4 Å². The molecule has 3 aliphatic carbocycles. The van der Waals surface area contributed by atoms with Crippen LogP contribution in [0.1, 0.15) is 63.5 Å². The van der Waals surface area contributed by atoms with Crippen LogP contribution < -0.4 is 0 Å². The van der Waals surface area contributed by atoms with E-state index >= 15 is 0 Å². The summed E-state index contributed by atoms with van der Waals surface area (Å²) in [7, 11) is 0. The molecule has 5 nitrogen and oxygen atoms in total. The van der Waals surface area contributed by atoms with Crippen molar-refractivity contribution in [2.75, 3.05) is 0 Å². The Balaban J connectivity index is 1.53. The molecule has 4 heterocycles. The Morgan fingerprint density at radius 3 is 2.67 bits per heavy atom. The predicted octanol–water partition coefficient (Wildman–Crippen LogP) is 5.99. The fourth-order valence-electron chi connectivity index (χ4n) is 5.74. The van der Waals surface area contributed by atoms with Crippen molar-refractivity contribution >= 4 is 22.1 Å². The first-order valence-corrected chi connectivity index (χ1v) is 11.1. The quantitative estimate of drug-likeness (QED) is 0.457. The number of fused-ring (bicyclic) bond motifs is 5. The summed E-state index contributed by atoms with van der Waals surface area (Å²) in [6.45, 7) is 4.46. The second-order valence-corrected chi connectivity index (χ2v) is 9.41. The summed E-state index contributed by atoms with van der Waals surface area (Å²) in [5, 5.41) is 1.85. The summed E-state index contributed by atoms with van der Waals surface area (Å²) in [6.07, 6.45) is 14.0. The van der Waals surface area contributed by atoms with E-state index in [9.17, 15) is 4.39 Å². The molecule has 3 fully saturated rings. The topological polar surface area (TPSA) is 59.4 Å². The number of aromatic nitrogens is 5. The minimum atomic E-state index is -0.354. The normalized spacial score (nSPS) is 23.8. The van der Waals surface area contributed by atoms with E-state index in [2.05, 4.69) is 39.6 Å². The van der Waals surface area contributed by atoms with Crippen molar-refractivity contribution in [3.8, 4) is 11.4 Å². The summed E-state index contributed by atoms with van der Waals surface area (Å²) in [4.78, 5) is 17.0. The molecule has 0 unspecified atom stereocenters. The number of halogens is 1. The van der Waals surface area contributed by atoms with E-state index in [0.29, 0.717) is 28.8 Å². The van der Waals surface area contributed by atoms with Crippen molar-refractivity contribution < 1.29 is 4.39 Å². The standard InChI is InChI=1S/C24H26FN5/c1-13(2)20-12-30(21-7-14-3-5-15(21)6-4-14)24-19(20)11-28-23(29-24)18-10-27-22-17(18)8-16(25)9-26-22/h8-15,21H,3-7H2,1-2H3,(H,26,27)/t14?,15?,21-/m0/s1. The van der Waals surface area contributed by atoms with E-state index in [1.807, 2.05) is 12.4 Å². The average molecular weight is 404 g/mol. The zero-order chi connectivity index (χ0) is 20.4. The molecule has 7 rings (SSSR count). The number of nitrogens with zero attached hydrogens (tertiary/aromatic N) is 4. The molecule has 3 saturated carbocycles. The first-order chi connectivity index (χ1) is 14.6. The second kappa shape index (κ2) is 6.62. The van der Waals surface area contributed by atoms with Gasteiger partial charge in [-0.3, -0.25) is 0 Å². The highest BCUT2D eigenvalue weighted by Crippen LogP contribution is 2.48. The van der Waals surface area contributed by atoms with Gasteiger partial charge < -0.3 is 9.55 Å². The second-order valence-electron chi connectivity index (χ2n) is 9.41. The van der Waals surface area contributed by atoms with Gasteiger partial charge in [-0.15, -0.1) is 0 Å². The maximum absolute atomic E-state index is 13.8. The third kappa shape index (κ3) is 2.69. The van der Waals surface area contributed by atoms with Crippen LogP contribution >= 0.6 is 0 Å². The number of pyridine rings is 1. The van der Waals surface area contributed by atoms with Gasteiger partial charge in [-0.1, -0.05) is 26.7 Å². The van der Waals surface area contributed by atoms with E-state index in [4.69, 9.17) is 4.98 Å². The number of hydrogen-bond acceptors (Lipinski definition) is 3. The van der Waals surface area contributed by atoms with Gasteiger partial charge >= 0.3 is 0 Å². The third-order valence-corrected chi connectivity index (χ3v) is 7.33. The molecular weight excluding hydrogens is 377 g/mol. The van der Waals surface area contributed by atoms with Crippen LogP contribution in [0.4, 0.5) is 4.39 Å². The Hall–Kier alpha value is -2.76. The van der Waals surface area contributed by atoms with Gasteiger partial charge in [0, 0.05) is 41.0 Å². The van der Waals surface area contributed by atoms with Crippen LogP contribution in [0.25, 0.3) is 33.5 Å². The Labute approximate surface area is 174 Å². The van der Waals surface area contributed by atoms with Crippen LogP contribution in [0.3, 0.4) is 0 Å². The van der Waals surface area contributed by atoms with E-state index in [1.165, 1.54) is 49.9 Å². The molecule has 1 atom stereocenters. The minimum Gasteiger partial charge on any atom is -0.345 e. The van der Waals surface area contributed by atoms with Gasteiger partial charge in [0.2, 0.25) is 0 Å². The SMILES string of the molecule is CC(C)c1cn([C@H]2CC3CCC2CC3)c2nc(-c3c[nH]c4ncc(F)cc34)ncc12. The summed E-state index contributed by atoms with van der Waals surface area (Å²) in [5.41, 5.74) is 3.77. The van der Waals surface area contributed by atoms with E-state index in [-0.39, 0.29) is 5.82 Å². The van der Waals surface area contributed by atoms with Gasteiger partial charge in [0.15, 0.2) is 5.82 Å². The fraction of sp³-hybridized carbons (Fsp3) is 0.458. The van der Waals surface area contributed by atoms with Gasteiger partial charge in [-0.05, 0) is 48.6 Å². The van der Waals surface area contributed by atoms with Crippen LogP contribution in [0.15, 0.2) is 30.9 Å². The zero-order valence-corrected chi connectivity index (χ0v) is 17.4. The molecule has 0 aliphatic heterocycles. The molecular formula is C24H26FN5. The molecule has 154 valence electrons. The van der Waals surface area contributed by atoms with E-state index < -0.39 is 0 Å². The van der Waals surface area contributed by atoms with Gasteiger partial charge in [0.05, 0.1) is 6.20 Å². The highest BCUT2D eigenvalue weighted by Gasteiger charge is 2.37. The maximum atomic E-state index is 13.8. The third-order valence-electron chi connectivity index (χ3n) is 7.33. The molecule has 30 heavy (non-hydrogen) atoms. The predicted molar refractivity (Wildman–Crippen MR) is 116 cm³/mol. The minimum absolute atomic E-state index is 0.354. The van der Waals surface area contributed by atoms with Crippen molar-refractivity contribution in [1.29, 1.82) is 0 Å². The molecule has 6 heteroatoms. The molecule has 1 N–H and O–H groups in total. The monoisotopic (exact) mass is 403 g/mol. The maximum Gasteiger partial charge on any atom is 0.163 e. The van der Waals surface area contributed by atoms with Crippen LogP contribution in [0, 0.1) is 17.7 Å². The Morgan fingerprint density at radius 2 is 1.93 bits per heavy atom. The lowest BCUT2D eigenvalue weighted by molar-refractivity contribution is 0.107. The van der Waals surface area contributed by atoms with E-state index in [1.54, 1.807) is 0 Å². The van der Waals surface area contributed by atoms with Crippen LogP contribution in [0.2, 0.25) is 0 Å². The van der Waals surface area contributed by atoms with Gasteiger partial charge in [0.1, 0.15) is 17.1 Å². The van der Waals surface area contributed by atoms with Gasteiger partial charge in [0.25, 0.3) is 0 Å². The van der Waals surface area contributed by atoms with Crippen LogP contribution in [-0.4, -0.2) is 24.5 Å². The highest BCUT2D eigenvalue weighted by atomic mass is 19.1. The lowest BCUT2D eigenvalue weighted by atomic mass is 9.68. The first kappa shape index (κ1) is 18.0. The van der Waals surface area contributed by atoms with Gasteiger partial charge in [-0.25, -0.2) is 19.3 Å². The largest absolute Gasteiger partial charge is 0.345 e. The summed E-state index contributed by atoms with van der Waals surface area (Å²) in [5.74, 6) is 2.28. The van der Waals surface area contributed by atoms with Crippen molar-refractivity contribution in [1.82, 2.24) is 24.5 Å². The van der Waals surface area contributed by atoms with Gasteiger partial charge in [-0.2, -0.15) is 0 Å². The molecule has 0 radical (unpaired) electrons. The number of hydrogen-bond donors (Lipinski definition) is 1. The molecule has 4 aromatic heterocycles. The highest BCUT2D eigenvalue weighted by molar-refractivity contribution is 5.92. The molecule has 0 spiro atoms. The molecule has 0 saturated heterocycles. The average Bonchev–Trinajstić information content (AvgIpc) is 3.35. The van der Waals surface area contributed by atoms with Crippen LogP contribution in [-0.2, 0) is 0 Å². The molecule has 3 aliphatic rings. The first-order valence-electron chi connectivity index (χ1n) is 11.1. The number of aromatic amines is 1. The molecule has 0 aromatic carbocycles. The molecule has 0 amide bonds. The number of nitrogens with one attached hydrogen (secondary N) is 1. The van der Waals surface area contributed by atoms with Crippen molar-refractivity contribution in [3.05, 3.63) is 42.2 Å². The smallest absolute Gasteiger partial charge is 0.163 e. The lowest BCUT2D eigenvalue weighted by Gasteiger charge is -2.43. The molecule has 2 bridgehead atoms. The summed E-state index contributed by atoms with van der Waals surface area (Å²) in [6, 6.07) is 2.03. The fourth-order valence-corrected chi connectivity index (χ4v) is 5.74. The Kier molecular flexibility index (Phi) is 3.98.